The molecular weight excluding hydrogens is 470 g/mol. The molecule has 2 atom stereocenters. The zero-order chi connectivity index (χ0) is 21.1. The van der Waals surface area contributed by atoms with Gasteiger partial charge in [-0.2, -0.15) is 5.10 Å². The number of hydrogen-bond acceptors (Lipinski definition) is 4. The van der Waals surface area contributed by atoms with Crippen LogP contribution in [0.25, 0.3) is 0 Å². The molecule has 0 aliphatic heterocycles. The van der Waals surface area contributed by atoms with Crippen molar-refractivity contribution in [3.63, 3.8) is 0 Å². The van der Waals surface area contributed by atoms with Crippen LogP contribution < -0.4 is 10.9 Å². The number of carbonyl (C=O) groups is 1. The van der Waals surface area contributed by atoms with E-state index in [1.54, 1.807) is 10.9 Å². The number of benzene rings is 1. The molecule has 1 aromatic carbocycles. The highest BCUT2D eigenvalue weighted by atomic mass is 79.9. The van der Waals surface area contributed by atoms with Gasteiger partial charge in [0.25, 0.3) is 5.56 Å². The maximum atomic E-state index is 13.3. The standard InChI is InChI=1S/C22H23BrClN3O3/c23-15-1-3-16(4-2-15)26-17-11-25-27(20(30)19(17)24)22-8-13-5-14(9-22)7-21(6-13,12-22)10-18(28)29/h1-4,11,13-14,26H,5-10,12H2,(H,28,29). The molecule has 4 aliphatic rings. The van der Waals surface area contributed by atoms with Crippen molar-refractivity contribution in [1.82, 2.24) is 9.78 Å². The zero-order valence-electron chi connectivity index (χ0n) is 16.4. The lowest BCUT2D eigenvalue weighted by atomic mass is 9.46. The van der Waals surface area contributed by atoms with Crippen LogP contribution in [0.1, 0.15) is 44.9 Å². The fraction of sp³-hybridized carbons (Fsp3) is 0.500. The van der Waals surface area contributed by atoms with Gasteiger partial charge in [-0.15, -0.1) is 0 Å². The first-order chi connectivity index (χ1) is 14.3. The van der Waals surface area contributed by atoms with Crippen LogP contribution in [-0.4, -0.2) is 20.9 Å². The van der Waals surface area contributed by atoms with Crippen LogP contribution in [0.15, 0.2) is 39.7 Å². The molecular formula is C22H23BrClN3O3. The van der Waals surface area contributed by atoms with Crippen LogP contribution in [0.4, 0.5) is 11.4 Å². The van der Waals surface area contributed by atoms with Gasteiger partial charge in [-0.05, 0) is 80.0 Å². The number of hydrogen-bond donors (Lipinski definition) is 2. The lowest BCUT2D eigenvalue weighted by Gasteiger charge is -2.61. The summed E-state index contributed by atoms with van der Waals surface area (Å²) < 4.78 is 2.54. The van der Waals surface area contributed by atoms with E-state index < -0.39 is 11.5 Å². The average Bonchev–Trinajstić information content (AvgIpc) is 2.65. The molecule has 158 valence electrons. The Labute approximate surface area is 187 Å². The van der Waals surface area contributed by atoms with Crippen molar-refractivity contribution in [2.24, 2.45) is 17.3 Å². The minimum Gasteiger partial charge on any atom is -0.481 e. The van der Waals surface area contributed by atoms with E-state index in [0.29, 0.717) is 23.9 Å². The molecule has 1 aromatic heterocycles. The molecule has 0 spiro atoms. The molecule has 0 radical (unpaired) electrons. The van der Waals surface area contributed by atoms with E-state index in [4.69, 9.17) is 11.6 Å². The van der Waals surface area contributed by atoms with Gasteiger partial charge in [-0.3, -0.25) is 9.59 Å². The second kappa shape index (κ2) is 7.09. The summed E-state index contributed by atoms with van der Waals surface area (Å²) in [5, 5.41) is 17.3. The number of carboxylic acid groups (broad SMARTS) is 1. The molecule has 2 N–H and O–H groups in total. The molecule has 0 amide bonds. The largest absolute Gasteiger partial charge is 0.481 e. The Hall–Kier alpha value is -1.86. The van der Waals surface area contributed by atoms with E-state index in [1.165, 1.54) is 0 Å². The van der Waals surface area contributed by atoms with Gasteiger partial charge in [0.05, 0.1) is 23.8 Å². The van der Waals surface area contributed by atoms with E-state index in [0.717, 1.165) is 42.3 Å². The molecule has 30 heavy (non-hydrogen) atoms. The van der Waals surface area contributed by atoms with Crippen LogP contribution in [0, 0.1) is 17.3 Å². The number of halogens is 2. The molecule has 1 heterocycles. The maximum absolute atomic E-state index is 13.3. The zero-order valence-corrected chi connectivity index (χ0v) is 18.7. The summed E-state index contributed by atoms with van der Waals surface area (Å²) in [6.07, 6.45) is 7.28. The predicted octanol–water partition coefficient (Wildman–Crippen LogP) is 5.17. The van der Waals surface area contributed by atoms with Gasteiger partial charge in [0.15, 0.2) is 0 Å². The smallest absolute Gasteiger partial charge is 0.303 e. The molecule has 0 saturated heterocycles. The van der Waals surface area contributed by atoms with Crippen LogP contribution in [0.2, 0.25) is 5.02 Å². The van der Waals surface area contributed by atoms with Gasteiger partial charge < -0.3 is 10.4 Å². The Morgan fingerprint density at radius 1 is 1.23 bits per heavy atom. The van der Waals surface area contributed by atoms with Crippen LogP contribution in [0.5, 0.6) is 0 Å². The van der Waals surface area contributed by atoms with E-state index in [2.05, 4.69) is 26.3 Å². The highest BCUT2D eigenvalue weighted by molar-refractivity contribution is 9.10. The average molecular weight is 493 g/mol. The first-order valence-corrected chi connectivity index (χ1v) is 11.5. The molecule has 6 rings (SSSR count). The number of aromatic nitrogens is 2. The number of nitrogens with zero attached hydrogens (tertiary/aromatic N) is 2. The number of rotatable bonds is 5. The number of anilines is 2. The van der Waals surface area contributed by atoms with Gasteiger partial charge in [0.2, 0.25) is 0 Å². The Bertz CT molecular complexity index is 1050. The highest BCUT2D eigenvalue weighted by Gasteiger charge is 2.59. The molecule has 4 saturated carbocycles. The fourth-order valence-electron chi connectivity index (χ4n) is 6.72. The van der Waals surface area contributed by atoms with Crippen molar-refractivity contribution >= 4 is 44.9 Å². The third kappa shape index (κ3) is 3.36. The van der Waals surface area contributed by atoms with Gasteiger partial charge in [-0.1, -0.05) is 27.5 Å². The van der Waals surface area contributed by atoms with Crippen LogP contribution in [0.3, 0.4) is 0 Å². The van der Waals surface area contributed by atoms with Gasteiger partial charge in [0.1, 0.15) is 5.02 Å². The number of aliphatic carboxylic acids is 1. The monoisotopic (exact) mass is 491 g/mol. The van der Waals surface area contributed by atoms with Gasteiger partial charge in [-0.25, -0.2) is 4.68 Å². The Balaban J connectivity index is 1.50. The molecule has 4 fully saturated rings. The molecule has 4 aliphatic carbocycles. The fourth-order valence-corrected chi connectivity index (χ4v) is 7.16. The molecule has 2 aromatic rings. The summed E-state index contributed by atoms with van der Waals surface area (Å²) >= 11 is 9.91. The lowest BCUT2D eigenvalue weighted by molar-refractivity contribution is -0.151. The normalized spacial score (nSPS) is 31.7. The van der Waals surface area contributed by atoms with Crippen molar-refractivity contribution in [2.45, 2.75) is 50.5 Å². The van der Waals surface area contributed by atoms with E-state index in [-0.39, 0.29) is 22.4 Å². The molecule has 4 bridgehead atoms. The second-order valence-electron chi connectivity index (χ2n) is 9.48. The number of nitrogens with one attached hydrogen (secondary N) is 1. The van der Waals surface area contributed by atoms with E-state index in [9.17, 15) is 14.7 Å². The second-order valence-corrected chi connectivity index (χ2v) is 10.8. The third-order valence-corrected chi connectivity index (χ3v) is 8.06. The van der Waals surface area contributed by atoms with Crippen molar-refractivity contribution in [3.05, 3.63) is 50.3 Å². The Morgan fingerprint density at radius 3 is 2.53 bits per heavy atom. The van der Waals surface area contributed by atoms with E-state index >= 15 is 0 Å². The molecule has 8 heteroatoms. The summed E-state index contributed by atoms with van der Waals surface area (Å²) in [4.78, 5) is 24.8. The maximum Gasteiger partial charge on any atom is 0.303 e. The van der Waals surface area contributed by atoms with Crippen molar-refractivity contribution < 1.29 is 9.90 Å². The third-order valence-electron chi connectivity index (χ3n) is 7.17. The minimum absolute atomic E-state index is 0.121. The summed E-state index contributed by atoms with van der Waals surface area (Å²) in [5.74, 6) is 0.164. The van der Waals surface area contributed by atoms with Crippen molar-refractivity contribution in [1.29, 1.82) is 0 Å². The molecule has 2 unspecified atom stereocenters. The lowest BCUT2D eigenvalue weighted by Crippen LogP contribution is -2.59. The van der Waals surface area contributed by atoms with Crippen LogP contribution in [-0.2, 0) is 10.3 Å². The first-order valence-electron chi connectivity index (χ1n) is 10.3. The SMILES string of the molecule is O=C(O)CC12CC3CC(C1)CC(n1ncc(Nc4ccc(Br)cc4)c(Cl)c1=O)(C3)C2. The van der Waals surface area contributed by atoms with Crippen LogP contribution >= 0.6 is 27.5 Å². The Morgan fingerprint density at radius 2 is 1.90 bits per heavy atom. The topological polar surface area (TPSA) is 84.2 Å². The van der Waals surface area contributed by atoms with Crippen molar-refractivity contribution in [3.8, 4) is 0 Å². The van der Waals surface area contributed by atoms with E-state index in [1.807, 2.05) is 24.3 Å². The number of carboxylic acids is 1. The predicted molar refractivity (Wildman–Crippen MR) is 118 cm³/mol. The summed E-state index contributed by atoms with van der Waals surface area (Å²) in [7, 11) is 0. The van der Waals surface area contributed by atoms with Gasteiger partial charge >= 0.3 is 5.97 Å². The first kappa shape index (κ1) is 20.1. The summed E-state index contributed by atoms with van der Waals surface area (Å²) in [6.45, 7) is 0. The molecule has 6 nitrogen and oxygen atoms in total. The summed E-state index contributed by atoms with van der Waals surface area (Å²) in [6, 6.07) is 7.59. The van der Waals surface area contributed by atoms with Gasteiger partial charge in [0, 0.05) is 10.2 Å². The Kier molecular flexibility index (Phi) is 4.74. The highest BCUT2D eigenvalue weighted by Crippen LogP contribution is 2.65. The minimum atomic E-state index is -0.750. The summed E-state index contributed by atoms with van der Waals surface area (Å²) in [5.41, 5.74) is 0.347. The van der Waals surface area contributed by atoms with Crippen molar-refractivity contribution in [2.75, 3.05) is 5.32 Å². The quantitative estimate of drug-likeness (QED) is 0.601.